The van der Waals surface area contributed by atoms with Crippen LogP contribution in [0.5, 0.6) is 0 Å². The number of rotatable bonds is 3. The lowest BCUT2D eigenvalue weighted by Crippen LogP contribution is -2.47. The van der Waals surface area contributed by atoms with Crippen molar-refractivity contribution in [2.45, 2.75) is 71.8 Å². The molecular formula is C24H33ClN2O. The number of allylic oxidation sites excluding steroid dienone is 2. The van der Waals surface area contributed by atoms with Crippen LogP contribution in [0.2, 0.25) is 5.02 Å². The van der Waals surface area contributed by atoms with E-state index < -0.39 is 0 Å². The number of nitrogens with zero attached hydrogens (tertiary/aromatic N) is 2. The molecule has 0 amide bonds. The quantitative estimate of drug-likeness (QED) is 0.589. The van der Waals surface area contributed by atoms with Crippen molar-refractivity contribution in [2.75, 3.05) is 0 Å². The Morgan fingerprint density at radius 2 is 2.11 bits per heavy atom. The summed E-state index contributed by atoms with van der Waals surface area (Å²) in [4.78, 5) is 13.2. The van der Waals surface area contributed by atoms with Crippen molar-refractivity contribution in [1.29, 1.82) is 0 Å². The van der Waals surface area contributed by atoms with Crippen molar-refractivity contribution in [3.8, 4) is 0 Å². The Balaban J connectivity index is 1.34. The molecule has 0 aliphatic heterocycles. The molecule has 28 heavy (non-hydrogen) atoms. The van der Waals surface area contributed by atoms with Gasteiger partial charge >= 0.3 is 0 Å². The Kier molecular flexibility index (Phi) is 4.73. The number of halogens is 1. The van der Waals surface area contributed by atoms with Gasteiger partial charge in [0, 0.05) is 12.1 Å². The molecule has 3 fully saturated rings. The fraction of sp³-hybridized carbons (Fsp3) is 0.750. The Bertz CT molecular complexity index is 798. The van der Waals surface area contributed by atoms with E-state index in [0.717, 1.165) is 36.0 Å². The normalized spacial score (nSPS) is 42.3. The van der Waals surface area contributed by atoms with Gasteiger partial charge in [-0.05, 0) is 86.4 Å². The summed E-state index contributed by atoms with van der Waals surface area (Å²) in [5, 5.41) is 4.83. The van der Waals surface area contributed by atoms with Crippen LogP contribution in [0.1, 0.15) is 65.2 Å². The number of Topliss-reactive ketones (excluding diaryl/α,β-unsaturated/α-hetero) is 1. The van der Waals surface area contributed by atoms with Crippen LogP contribution in [-0.2, 0) is 11.3 Å². The van der Waals surface area contributed by atoms with Crippen molar-refractivity contribution in [3.05, 3.63) is 29.1 Å². The van der Waals surface area contributed by atoms with Gasteiger partial charge in [-0.3, -0.25) is 9.48 Å². The number of aromatic nitrogens is 2. The lowest BCUT2D eigenvalue weighted by atomic mass is 9.51. The Morgan fingerprint density at radius 1 is 1.25 bits per heavy atom. The Hall–Kier alpha value is -1.09. The molecular weight excluding hydrogens is 368 g/mol. The molecule has 7 atom stereocenters. The van der Waals surface area contributed by atoms with Gasteiger partial charge in [0.25, 0.3) is 0 Å². The van der Waals surface area contributed by atoms with E-state index in [-0.39, 0.29) is 11.3 Å². The average molecular weight is 401 g/mol. The third-order valence-electron chi connectivity index (χ3n) is 9.00. The van der Waals surface area contributed by atoms with E-state index in [0.29, 0.717) is 17.4 Å². The second-order valence-electron chi connectivity index (χ2n) is 10.4. The first-order chi connectivity index (χ1) is 13.5. The molecule has 1 heterocycles. The maximum atomic E-state index is 13.2. The summed E-state index contributed by atoms with van der Waals surface area (Å²) in [5.41, 5.74) is 1.97. The topological polar surface area (TPSA) is 34.9 Å². The zero-order valence-electron chi connectivity index (χ0n) is 17.2. The third kappa shape index (κ3) is 3.00. The summed E-state index contributed by atoms with van der Waals surface area (Å²) < 4.78 is 1.71. The molecule has 5 rings (SSSR count). The van der Waals surface area contributed by atoms with Crippen LogP contribution in [0.4, 0.5) is 0 Å². The number of ketones is 1. The molecule has 4 aliphatic carbocycles. The van der Waals surface area contributed by atoms with Crippen LogP contribution < -0.4 is 0 Å². The number of carbonyl (C=O) groups is 1. The molecule has 1 aromatic rings. The van der Waals surface area contributed by atoms with Crippen molar-refractivity contribution in [1.82, 2.24) is 9.78 Å². The molecule has 0 radical (unpaired) electrons. The second-order valence-corrected chi connectivity index (χ2v) is 10.9. The van der Waals surface area contributed by atoms with Crippen LogP contribution in [0.15, 0.2) is 24.0 Å². The minimum atomic E-state index is 0.183. The molecule has 3 saturated carbocycles. The minimum Gasteiger partial charge on any atom is -0.297 e. The van der Waals surface area contributed by atoms with Crippen molar-refractivity contribution in [2.24, 2.45) is 40.9 Å². The molecule has 7 unspecified atom stereocenters. The molecule has 0 saturated heterocycles. The van der Waals surface area contributed by atoms with E-state index in [1.807, 2.05) is 0 Å². The predicted octanol–water partition coefficient (Wildman–Crippen LogP) is 5.93. The largest absolute Gasteiger partial charge is 0.297 e. The van der Waals surface area contributed by atoms with E-state index in [9.17, 15) is 4.79 Å². The van der Waals surface area contributed by atoms with Crippen LogP contribution in [-0.4, -0.2) is 15.6 Å². The Morgan fingerprint density at radius 3 is 2.89 bits per heavy atom. The molecule has 0 N–H and O–H groups in total. The van der Waals surface area contributed by atoms with Crippen LogP contribution in [0.25, 0.3) is 0 Å². The molecule has 0 aromatic carbocycles. The highest BCUT2D eigenvalue weighted by atomic mass is 35.5. The lowest BCUT2D eigenvalue weighted by Gasteiger charge is -2.53. The van der Waals surface area contributed by atoms with Crippen molar-refractivity contribution < 1.29 is 4.79 Å². The monoisotopic (exact) mass is 400 g/mol. The molecule has 4 aliphatic rings. The third-order valence-corrected chi connectivity index (χ3v) is 9.20. The highest BCUT2D eigenvalue weighted by molar-refractivity contribution is 6.30. The maximum Gasteiger partial charge on any atom is 0.157 e. The first-order valence-electron chi connectivity index (χ1n) is 11.4. The first-order valence-corrected chi connectivity index (χ1v) is 11.7. The van der Waals surface area contributed by atoms with E-state index in [2.05, 4.69) is 25.0 Å². The molecule has 3 nitrogen and oxygen atoms in total. The van der Waals surface area contributed by atoms with Gasteiger partial charge in [0.15, 0.2) is 5.78 Å². The highest BCUT2D eigenvalue weighted by Crippen LogP contribution is 2.63. The van der Waals surface area contributed by atoms with Gasteiger partial charge in [-0.25, -0.2) is 0 Å². The second kappa shape index (κ2) is 7.00. The fourth-order valence-electron chi connectivity index (χ4n) is 7.70. The summed E-state index contributed by atoms with van der Waals surface area (Å²) >= 11 is 5.98. The number of carbonyl (C=O) groups excluding carboxylic acids is 1. The highest BCUT2D eigenvalue weighted by Gasteiger charge is 2.57. The minimum absolute atomic E-state index is 0.183. The van der Waals surface area contributed by atoms with Gasteiger partial charge in [-0.1, -0.05) is 37.1 Å². The predicted molar refractivity (Wildman–Crippen MR) is 112 cm³/mol. The zero-order chi connectivity index (χ0) is 19.5. The van der Waals surface area contributed by atoms with Crippen LogP contribution >= 0.6 is 11.6 Å². The van der Waals surface area contributed by atoms with Gasteiger partial charge in [0.1, 0.15) is 0 Å². The van der Waals surface area contributed by atoms with Gasteiger partial charge in [-0.2, -0.15) is 5.10 Å². The standard InChI is InChI=1S/C24H33ClN2O/c1-15-3-5-18-16(11-15)4-6-20-19(18)9-10-24(2)21(20)7-8-22(24)23(28)14-27-13-17(25)12-26-27/h4,12-13,15,18-22H,3,5-11,14H2,1-2H3. The van der Waals surface area contributed by atoms with Crippen molar-refractivity contribution >= 4 is 17.4 Å². The summed E-state index contributed by atoms with van der Waals surface area (Å²) in [7, 11) is 0. The van der Waals surface area contributed by atoms with E-state index in [1.54, 1.807) is 22.6 Å². The summed E-state index contributed by atoms with van der Waals surface area (Å²) in [6, 6.07) is 0. The summed E-state index contributed by atoms with van der Waals surface area (Å²) in [5.74, 6) is 4.68. The van der Waals surface area contributed by atoms with E-state index in [1.165, 1.54) is 44.9 Å². The van der Waals surface area contributed by atoms with Crippen LogP contribution in [0.3, 0.4) is 0 Å². The smallest absolute Gasteiger partial charge is 0.157 e. The van der Waals surface area contributed by atoms with Crippen molar-refractivity contribution in [3.63, 3.8) is 0 Å². The Labute approximate surface area is 173 Å². The number of fused-ring (bicyclic) bond motifs is 5. The first kappa shape index (κ1) is 18.9. The number of hydrogen-bond acceptors (Lipinski definition) is 2. The molecule has 4 heteroatoms. The molecule has 0 spiro atoms. The summed E-state index contributed by atoms with van der Waals surface area (Å²) in [6.07, 6.45) is 16.3. The van der Waals surface area contributed by atoms with Gasteiger partial charge in [-0.15, -0.1) is 0 Å². The molecule has 152 valence electrons. The maximum absolute atomic E-state index is 13.2. The van der Waals surface area contributed by atoms with Crippen LogP contribution in [0, 0.1) is 40.9 Å². The van der Waals surface area contributed by atoms with Gasteiger partial charge < -0.3 is 0 Å². The van der Waals surface area contributed by atoms with E-state index >= 15 is 0 Å². The zero-order valence-corrected chi connectivity index (χ0v) is 18.0. The fourth-order valence-corrected chi connectivity index (χ4v) is 7.85. The molecule has 0 bridgehead atoms. The molecule has 1 aromatic heterocycles. The SMILES string of the molecule is CC1CCC2C(=CCC3C2CCC2(C)C(C(=O)Cn4cc(Cl)cn4)CCC32)C1. The number of hydrogen-bond donors (Lipinski definition) is 0. The van der Waals surface area contributed by atoms with Gasteiger partial charge in [0.05, 0.1) is 17.8 Å². The lowest BCUT2D eigenvalue weighted by molar-refractivity contribution is -0.129. The van der Waals surface area contributed by atoms with Gasteiger partial charge in [0.2, 0.25) is 0 Å². The average Bonchev–Trinajstić information content (AvgIpc) is 3.23. The van der Waals surface area contributed by atoms with E-state index in [4.69, 9.17) is 11.6 Å². The summed E-state index contributed by atoms with van der Waals surface area (Å²) in [6.45, 7) is 5.22.